The molecule has 0 aromatic carbocycles. The summed E-state index contributed by atoms with van der Waals surface area (Å²) in [7, 11) is 0. The first kappa shape index (κ1) is 11.9. The van der Waals surface area contributed by atoms with Crippen molar-refractivity contribution in [3.05, 3.63) is 40.5 Å². The lowest BCUT2D eigenvalue weighted by molar-refractivity contribution is 0.102. The number of anilines is 1. The van der Waals surface area contributed by atoms with Crippen molar-refractivity contribution in [2.75, 3.05) is 5.32 Å². The smallest absolute Gasteiger partial charge is 0.274 e. The van der Waals surface area contributed by atoms with Gasteiger partial charge in [-0.3, -0.25) is 15.0 Å². The van der Waals surface area contributed by atoms with Gasteiger partial charge in [-0.25, -0.2) is 0 Å². The number of hydrogen-bond donors (Lipinski definition) is 3. The van der Waals surface area contributed by atoms with Crippen LogP contribution in [-0.4, -0.2) is 26.3 Å². The maximum atomic E-state index is 11.8. The lowest BCUT2D eigenvalue weighted by Crippen LogP contribution is -2.12. The molecule has 3 N–H and O–H groups in total. The summed E-state index contributed by atoms with van der Waals surface area (Å²) in [4.78, 5) is 12.7. The van der Waals surface area contributed by atoms with Gasteiger partial charge in [-0.2, -0.15) is 10.2 Å². The van der Waals surface area contributed by atoms with E-state index < -0.39 is 0 Å². The van der Waals surface area contributed by atoms with Crippen molar-refractivity contribution in [1.82, 2.24) is 20.4 Å². The number of hydrogen-bond acceptors (Lipinski definition) is 4. The zero-order chi connectivity index (χ0) is 13.2. The predicted octanol–water partition coefficient (Wildman–Crippen LogP) is 2.77. The maximum Gasteiger partial charge on any atom is 0.274 e. The summed E-state index contributed by atoms with van der Waals surface area (Å²) in [6.45, 7) is 0. The molecule has 0 spiro atoms. The Hall–Kier alpha value is -2.12. The highest BCUT2D eigenvalue weighted by Crippen LogP contribution is 2.30. The molecule has 1 amide bonds. The summed E-state index contributed by atoms with van der Waals surface area (Å²) in [6, 6.07) is 7.03. The third kappa shape index (κ3) is 2.51. The number of aromatic amines is 2. The second kappa shape index (κ2) is 4.87. The number of nitrogens with zero attached hydrogens (tertiary/aromatic N) is 2. The van der Waals surface area contributed by atoms with Gasteiger partial charge in [0.1, 0.15) is 5.69 Å². The molecule has 3 aromatic rings. The second-order valence-electron chi connectivity index (χ2n) is 3.70. The van der Waals surface area contributed by atoms with Gasteiger partial charge >= 0.3 is 0 Å². The van der Waals surface area contributed by atoms with Crippen molar-refractivity contribution in [1.29, 1.82) is 0 Å². The second-order valence-corrected chi connectivity index (χ2v) is 5.41. The summed E-state index contributed by atoms with van der Waals surface area (Å²) in [6.07, 6.45) is 1.51. The molecule has 0 bridgehead atoms. The highest BCUT2D eigenvalue weighted by atomic mass is 35.5. The zero-order valence-electron chi connectivity index (χ0n) is 9.48. The quantitative estimate of drug-likeness (QED) is 0.694. The molecular weight excluding hydrogens is 286 g/mol. The van der Waals surface area contributed by atoms with E-state index in [1.54, 1.807) is 12.1 Å². The van der Waals surface area contributed by atoms with Crippen LogP contribution in [0.3, 0.4) is 0 Å². The van der Waals surface area contributed by atoms with E-state index >= 15 is 0 Å². The molecule has 19 heavy (non-hydrogen) atoms. The number of H-pyrrole nitrogens is 2. The molecule has 0 saturated carbocycles. The van der Waals surface area contributed by atoms with Crippen molar-refractivity contribution in [3.63, 3.8) is 0 Å². The van der Waals surface area contributed by atoms with Crippen LogP contribution in [0.2, 0.25) is 4.34 Å². The number of carbonyl (C=O) groups excluding carboxylic acids is 1. The van der Waals surface area contributed by atoms with E-state index in [1.165, 1.54) is 17.5 Å². The molecule has 0 aliphatic carbocycles. The lowest BCUT2D eigenvalue weighted by Gasteiger charge is -1.97. The van der Waals surface area contributed by atoms with Crippen LogP contribution in [0.5, 0.6) is 0 Å². The number of aromatic nitrogens is 4. The Morgan fingerprint density at radius 3 is 2.89 bits per heavy atom. The molecule has 8 heteroatoms. The van der Waals surface area contributed by atoms with Gasteiger partial charge in [-0.15, -0.1) is 11.3 Å². The van der Waals surface area contributed by atoms with Gasteiger partial charge in [-0.1, -0.05) is 11.6 Å². The number of carbonyl (C=O) groups is 1. The van der Waals surface area contributed by atoms with Gasteiger partial charge in [0.05, 0.1) is 14.9 Å². The first-order valence-corrected chi connectivity index (χ1v) is 6.53. The molecule has 3 heterocycles. The minimum absolute atomic E-state index is 0.292. The van der Waals surface area contributed by atoms with E-state index in [9.17, 15) is 4.79 Å². The number of amides is 1. The standard InChI is InChI=1S/C11H8ClN5OS/c12-9-2-1-8(19-9)7-5-10(17-16-7)14-11(18)6-3-4-13-15-6/h1-5H,(H,13,15)(H2,14,16,17,18). The van der Waals surface area contributed by atoms with Gasteiger partial charge in [-0.05, 0) is 18.2 Å². The summed E-state index contributed by atoms with van der Waals surface area (Å²) >= 11 is 7.31. The van der Waals surface area contributed by atoms with Crippen LogP contribution in [0.4, 0.5) is 5.82 Å². The Balaban J connectivity index is 1.77. The maximum absolute atomic E-state index is 11.8. The Morgan fingerprint density at radius 2 is 2.21 bits per heavy atom. The monoisotopic (exact) mass is 293 g/mol. The van der Waals surface area contributed by atoms with Crippen LogP contribution in [0.25, 0.3) is 10.6 Å². The highest BCUT2D eigenvalue weighted by molar-refractivity contribution is 7.19. The largest absolute Gasteiger partial charge is 0.304 e. The van der Waals surface area contributed by atoms with Crippen molar-refractivity contribution in [2.24, 2.45) is 0 Å². The predicted molar refractivity (Wildman–Crippen MR) is 73.5 cm³/mol. The molecular formula is C11H8ClN5OS. The van der Waals surface area contributed by atoms with E-state index in [-0.39, 0.29) is 5.91 Å². The third-order valence-corrected chi connectivity index (χ3v) is 3.67. The fourth-order valence-corrected chi connectivity index (χ4v) is 2.55. The Morgan fingerprint density at radius 1 is 1.32 bits per heavy atom. The Kier molecular flexibility index (Phi) is 3.06. The molecule has 0 radical (unpaired) electrons. The van der Waals surface area contributed by atoms with Gasteiger partial charge in [0.25, 0.3) is 5.91 Å². The summed E-state index contributed by atoms with van der Waals surface area (Å²) < 4.78 is 0.702. The normalized spacial score (nSPS) is 10.6. The average Bonchev–Trinajstić information content (AvgIpc) is 3.07. The molecule has 96 valence electrons. The summed E-state index contributed by atoms with van der Waals surface area (Å²) in [5.41, 5.74) is 1.18. The minimum Gasteiger partial charge on any atom is -0.304 e. The fourth-order valence-electron chi connectivity index (χ4n) is 1.54. The van der Waals surface area contributed by atoms with E-state index in [0.29, 0.717) is 15.8 Å². The molecule has 0 fully saturated rings. The fraction of sp³-hybridized carbons (Fsp3) is 0. The molecule has 6 nitrogen and oxygen atoms in total. The lowest BCUT2D eigenvalue weighted by atomic mass is 10.3. The molecule has 0 aliphatic rings. The Bertz CT molecular complexity index is 702. The highest BCUT2D eigenvalue weighted by Gasteiger charge is 2.11. The Labute approximate surface area is 116 Å². The van der Waals surface area contributed by atoms with Gasteiger partial charge in [0.15, 0.2) is 5.82 Å². The number of halogens is 1. The molecule has 0 atom stereocenters. The molecule has 0 aliphatic heterocycles. The van der Waals surface area contributed by atoms with E-state index in [2.05, 4.69) is 25.7 Å². The molecule has 3 aromatic heterocycles. The molecule has 0 unspecified atom stereocenters. The zero-order valence-corrected chi connectivity index (χ0v) is 11.0. The summed E-state index contributed by atoms with van der Waals surface area (Å²) in [5.74, 6) is 0.152. The SMILES string of the molecule is O=C(Nc1cc(-c2ccc(Cl)s2)[nH]n1)c1ccn[nH]1. The van der Waals surface area contributed by atoms with Crippen LogP contribution in [0.15, 0.2) is 30.5 Å². The van der Waals surface area contributed by atoms with Gasteiger partial charge in [0, 0.05) is 12.3 Å². The van der Waals surface area contributed by atoms with Crippen molar-refractivity contribution >= 4 is 34.7 Å². The molecule has 0 saturated heterocycles. The topological polar surface area (TPSA) is 86.5 Å². The van der Waals surface area contributed by atoms with Gasteiger partial charge in [0.2, 0.25) is 0 Å². The number of thiophene rings is 1. The van der Waals surface area contributed by atoms with Crippen LogP contribution < -0.4 is 5.32 Å². The van der Waals surface area contributed by atoms with Crippen LogP contribution in [0, 0.1) is 0 Å². The molecule has 3 rings (SSSR count). The first-order chi connectivity index (χ1) is 9.22. The van der Waals surface area contributed by atoms with Crippen LogP contribution >= 0.6 is 22.9 Å². The van der Waals surface area contributed by atoms with Crippen LogP contribution in [0.1, 0.15) is 10.5 Å². The number of nitrogens with one attached hydrogen (secondary N) is 3. The average molecular weight is 294 g/mol. The van der Waals surface area contributed by atoms with Crippen LogP contribution in [-0.2, 0) is 0 Å². The first-order valence-electron chi connectivity index (χ1n) is 5.34. The van der Waals surface area contributed by atoms with E-state index in [4.69, 9.17) is 11.6 Å². The minimum atomic E-state index is -0.292. The van der Waals surface area contributed by atoms with Crippen molar-refractivity contribution in [2.45, 2.75) is 0 Å². The van der Waals surface area contributed by atoms with E-state index in [0.717, 1.165) is 10.6 Å². The van der Waals surface area contributed by atoms with Gasteiger partial charge < -0.3 is 5.32 Å². The number of rotatable bonds is 3. The third-order valence-electron chi connectivity index (χ3n) is 2.40. The van der Waals surface area contributed by atoms with Crippen molar-refractivity contribution < 1.29 is 4.79 Å². The van der Waals surface area contributed by atoms with E-state index in [1.807, 2.05) is 12.1 Å². The van der Waals surface area contributed by atoms with Crippen molar-refractivity contribution in [3.8, 4) is 10.6 Å². The summed E-state index contributed by atoms with van der Waals surface area (Å²) in [5, 5.41) is 15.8.